The molecule has 3 rings (SSSR count). The molecular formula is C24H22ClFN2O2. The van der Waals surface area contributed by atoms with Crippen LogP contribution in [0.15, 0.2) is 60.8 Å². The molecule has 4 nitrogen and oxygen atoms in total. The first-order valence-corrected chi connectivity index (χ1v) is 10.1. The summed E-state index contributed by atoms with van der Waals surface area (Å²) in [6.07, 6.45) is 2.55. The second-order valence-electron chi connectivity index (χ2n) is 6.92. The smallest absolute Gasteiger partial charge is 0.226 e. The van der Waals surface area contributed by atoms with Crippen molar-refractivity contribution in [2.24, 2.45) is 0 Å². The number of amides is 1. The van der Waals surface area contributed by atoms with Gasteiger partial charge in [-0.25, -0.2) is 9.37 Å². The van der Waals surface area contributed by atoms with Crippen molar-refractivity contribution < 1.29 is 14.0 Å². The summed E-state index contributed by atoms with van der Waals surface area (Å²) in [4.78, 5) is 29.8. The highest BCUT2D eigenvalue weighted by Crippen LogP contribution is 2.26. The molecule has 0 saturated heterocycles. The zero-order valence-electron chi connectivity index (χ0n) is 16.9. The molecule has 154 valence electrons. The number of benzene rings is 2. The summed E-state index contributed by atoms with van der Waals surface area (Å²) < 4.78 is 14.6. The Labute approximate surface area is 180 Å². The number of anilines is 1. The molecule has 0 unspecified atom stereocenters. The summed E-state index contributed by atoms with van der Waals surface area (Å²) in [5.74, 6) is -0.824. The van der Waals surface area contributed by atoms with Crippen LogP contribution in [0.5, 0.6) is 0 Å². The molecule has 0 saturated carbocycles. The molecule has 6 heteroatoms. The molecule has 0 radical (unpaired) electrons. The quantitative estimate of drug-likeness (QED) is 0.359. The Balaban J connectivity index is 1.72. The van der Waals surface area contributed by atoms with E-state index < -0.39 is 5.82 Å². The van der Waals surface area contributed by atoms with Crippen molar-refractivity contribution >= 4 is 29.0 Å². The van der Waals surface area contributed by atoms with E-state index in [9.17, 15) is 14.0 Å². The van der Waals surface area contributed by atoms with Crippen LogP contribution in [0.25, 0.3) is 11.1 Å². The van der Waals surface area contributed by atoms with E-state index in [0.717, 1.165) is 16.8 Å². The Kier molecular flexibility index (Phi) is 6.95. The minimum Gasteiger partial charge on any atom is -0.316 e. The SMILES string of the molecule is CCC(=O)N(C)c1ccc(-c2ccc(C(=O)CCc3cccnc3Cl)c(F)c2)cc1. The number of aryl methyl sites for hydroxylation is 1. The third kappa shape index (κ3) is 4.92. The maximum Gasteiger partial charge on any atom is 0.226 e. The first-order chi connectivity index (χ1) is 14.4. The molecule has 0 aliphatic carbocycles. The van der Waals surface area contributed by atoms with E-state index in [1.54, 1.807) is 36.3 Å². The zero-order valence-corrected chi connectivity index (χ0v) is 17.6. The van der Waals surface area contributed by atoms with E-state index >= 15 is 0 Å². The number of pyridine rings is 1. The van der Waals surface area contributed by atoms with Crippen LogP contribution >= 0.6 is 11.6 Å². The molecule has 0 atom stereocenters. The van der Waals surface area contributed by atoms with Gasteiger partial charge in [0.05, 0.1) is 5.56 Å². The maximum atomic E-state index is 14.6. The van der Waals surface area contributed by atoms with Gasteiger partial charge in [-0.05, 0) is 53.4 Å². The average molecular weight is 425 g/mol. The van der Waals surface area contributed by atoms with Crippen molar-refractivity contribution in [1.82, 2.24) is 4.98 Å². The van der Waals surface area contributed by atoms with Gasteiger partial charge >= 0.3 is 0 Å². The van der Waals surface area contributed by atoms with Crippen molar-refractivity contribution in [3.8, 4) is 11.1 Å². The Hall–Kier alpha value is -3.05. The van der Waals surface area contributed by atoms with Crippen molar-refractivity contribution in [2.45, 2.75) is 26.2 Å². The van der Waals surface area contributed by atoms with Gasteiger partial charge in [0.2, 0.25) is 5.91 Å². The number of ketones is 1. The van der Waals surface area contributed by atoms with E-state index in [1.807, 2.05) is 31.2 Å². The monoisotopic (exact) mass is 424 g/mol. The van der Waals surface area contributed by atoms with Gasteiger partial charge in [0.1, 0.15) is 11.0 Å². The predicted molar refractivity (Wildman–Crippen MR) is 117 cm³/mol. The molecule has 30 heavy (non-hydrogen) atoms. The molecule has 2 aromatic carbocycles. The predicted octanol–water partition coefficient (Wildman–Crippen LogP) is 5.73. The van der Waals surface area contributed by atoms with Gasteiger partial charge in [0, 0.05) is 31.8 Å². The number of nitrogens with zero attached hydrogens (tertiary/aromatic N) is 2. The van der Waals surface area contributed by atoms with Gasteiger partial charge in [0.15, 0.2) is 5.78 Å². The number of hydrogen-bond acceptors (Lipinski definition) is 3. The van der Waals surface area contributed by atoms with E-state index in [-0.39, 0.29) is 23.7 Å². The second kappa shape index (κ2) is 9.63. The lowest BCUT2D eigenvalue weighted by atomic mass is 9.99. The van der Waals surface area contributed by atoms with Gasteiger partial charge in [-0.1, -0.05) is 42.8 Å². The Morgan fingerprint density at radius 2 is 1.77 bits per heavy atom. The van der Waals surface area contributed by atoms with Gasteiger partial charge in [-0.15, -0.1) is 0 Å². The molecule has 0 aliphatic rings. The molecule has 0 fully saturated rings. The van der Waals surface area contributed by atoms with E-state index in [0.29, 0.717) is 23.6 Å². The molecule has 0 bridgehead atoms. The van der Waals surface area contributed by atoms with Crippen LogP contribution in [0, 0.1) is 5.82 Å². The third-order valence-corrected chi connectivity index (χ3v) is 5.33. The summed E-state index contributed by atoms with van der Waals surface area (Å²) in [7, 11) is 1.72. The third-order valence-electron chi connectivity index (χ3n) is 4.99. The zero-order chi connectivity index (χ0) is 21.7. The highest BCUT2D eigenvalue weighted by atomic mass is 35.5. The van der Waals surface area contributed by atoms with Gasteiger partial charge in [0.25, 0.3) is 0 Å². The molecular weight excluding hydrogens is 403 g/mol. The lowest BCUT2D eigenvalue weighted by Gasteiger charge is -2.16. The van der Waals surface area contributed by atoms with Crippen LogP contribution in [0.1, 0.15) is 35.7 Å². The van der Waals surface area contributed by atoms with Gasteiger partial charge in [-0.3, -0.25) is 9.59 Å². The van der Waals surface area contributed by atoms with E-state index in [2.05, 4.69) is 4.98 Å². The summed E-state index contributed by atoms with van der Waals surface area (Å²) in [5.41, 5.74) is 3.05. The lowest BCUT2D eigenvalue weighted by Crippen LogP contribution is -2.24. The fourth-order valence-electron chi connectivity index (χ4n) is 3.17. The van der Waals surface area contributed by atoms with Gasteiger partial charge in [-0.2, -0.15) is 0 Å². The highest BCUT2D eigenvalue weighted by molar-refractivity contribution is 6.30. The largest absolute Gasteiger partial charge is 0.316 e. The summed E-state index contributed by atoms with van der Waals surface area (Å²) in [5, 5.41) is 0.357. The first-order valence-electron chi connectivity index (χ1n) is 9.69. The summed E-state index contributed by atoms with van der Waals surface area (Å²) >= 11 is 6.01. The van der Waals surface area contributed by atoms with E-state index in [4.69, 9.17) is 11.6 Å². The minimum absolute atomic E-state index is 0.0178. The van der Waals surface area contributed by atoms with E-state index in [1.165, 1.54) is 12.1 Å². The second-order valence-corrected chi connectivity index (χ2v) is 7.28. The standard InChI is InChI=1S/C24H22ClFN2O2/c1-3-23(30)28(2)19-10-6-16(7-11-19)18-8-12-20(21(26)15-18)22(29)13-9-17-5-4-14-27-24(17)25/h4-8,10-12,14-15H,3,9,13H2,1-2H3. The van der Waals surface area contributed by atoms with Crippen LogP contribution in [0.2, 0.25) is 5.15 Å². The molecule has 1 aromatic heterocycles. The Morgan fingerprint density at radius 3 is 2.40 bits per heavy atom. The number of carbonyl (C=O) groups is 2. The first kappa shape index (κ1) is 21.7. The van der Waals surface area contributed by atoms with Crippen molar-refractivity contribution in [3.63, 3.8) is 0 Å². The number of Topliss-reactive ketones (excluding diaryl/α,β-unsaturated/α-hetero) is 1. The normalized spacial score (nSPS) is 10.7. The fraction of sp³-hybridized carbons (Fsp3) is 0.208. The number of rotatable bonds is 7. The molecule has 1 amide bonds. The fourth-order valence-corrected chi connectivity index (χ4v) is 3.38. The van der Waals surface area contributed by atoms with Crippen LogP contribution in [-0.2, 0) is 11.2 Å². The van der Waals surface area contributed by atoms with Crippen molar-refractivity contribution in [3.05, 3.63) is 82.9 Å². The molecule has 0 spiro atoms. The number of carbonyl (C=O) groups excluding carboxylic acids is 2. The average Bonchev–Trinajstić information content (AvgIpc) is 2.77. The lowest BCUT2D eigenvalue weighted by molar-refractivity contribution is -0.118. The molecule has 1 heterocycles. The Bertz CT molecular complexity index is 1070. The summed E-state index contributed by atoms with van der Waals surface area (Å²) in [6.45, 7) is 1.81. The van der Waals surface area contributed by atoms with Crippen LogP contribution < -0.4 is 4.90 Å². The number of hydrogen-bond donors (Lipinski definition) is 0. The molecule has 0 aliphatic heterocycles. The van der Waals surface area contributed by atoms with Crippen LogP contribution in [0.3, 0.4) is 0 Å². The highest BCUT2D eigenvalue weighted by Gasteiger charge is 2.14. The minimum atomic E-state index is -0.558. The molecule has 0 N–H and O–H groups in total. The maximum absolute atomic E-state index is 14.6. The molecule has 3 aromatic rings. The topological polar surface area (TPSA) is 50.3 Å². The number of aromatic nitrogens is 1. The van der Waals surface area contributed by atoms with Crippen molar-refractivity contribution in [1.29, 1.82) is 0 Å². The van der Waals surface area contributed by atoms with Gasteiger partial charge < -0.3 is 4.90 Å². The van der Waals surface area contributed by atoms with Crippen molar-refractivity contribution in [2.75, 3.05) is 11.9 Å². The van der Waals surface area contributed by atoms with Crippen LogP contribution in [0.4, 0.5) is 10.1 Å². The number of halogens is 2. The van der Waals surface area contributed by atoms with Crippen LogP contribution in [-0.4, -0.2) is 23.7 Å². The Morgan fingerprint density at radius 1 is 1.07 bits per heavy atom. The summed E-state index contributed by atoms with van der Waals surface area (Å²) in [6, 6.07) is 15.4.